The Balaban J connectivity index is 1.93. The van der Waals surface area contributed by atoms with Crippen LogP contribution in [0.25, 0.3) is 11.0 Å². The maximum Gasteiger partial charge on any atom is 0.313 e. The molecule has 1 aromatic heterocycles. The minimum absolute atomic E-state index is 0.0183. The Bertz CT molecular complexity index is 797. The van der Waals surface area contributed by atoms with Crippen molar-refractivity contribution in [1.29, 1.82) is 0 Å². The van der Waals surface area contributed by atoms with E-state index in [1.54, 1.807) is 4.57 Å². The maximum absolute atomic E-state index is 12.7. The second-order valence-electron chi connectivity index (χ2n) is 6.98. The van der Waals surface area contributed by atoms with Crippen LogP contribution in [0.5, 0.6) is 5.88 Å². The summed E-state index contributed by atoms with van der Waals surface area (Å²) in [5, 5.41) is 18.4. The molecule has 2 heterocycles. The first-order valence-electron chi connectivity index (χ1n) is 8.40. The summed E-state index contributed by atoms with van der Waals surface area (Å²) in [6.07, 6.45) is 0.908. The molecule has 0 bridgehead atoms. The molecule has 1 aromatic carbocycles. The van der Waals surface area contributed by atoms with Crippen molar-refractivity contribution in [2.24, 2.45) is 0 Å². The lowest BCUT2D eigenvalue weighted by Gasteiger charge is -2.32. The molecule has 0 radical (unpaired) electrons. The van der Waals surface area contributed by atoms with Gasteiger partial charge in [-0.2, -0.15) is 0 Å². The minimum Gasteiger partial charge on any atom is -0.474 e. The maximum atomic E-state index is 12.7. The Labute approximate surface area is 140 Å². The lowest BCUT2D eigenvalue weighted by atomic mass is 9.79. The van der Waals surface area contributed by atoms with Gasteiger partial charge in [-0.1, -0.05) is 26.0 Å². The topological polar surface area (TPSA) is 84.6 Å². The van der Waals surface area contributed by atoms with Crippen LogP contribution >= 0.6 is 0 Å². The number of para-hydroxylation sites is 1. The highest BCUT2D eigenvalue weighted by Gasteiger charge is 2.30. The predicted molar refractivity (Wildman–Crippen MR) is 91.5 cm³/mol. The fourth-order valence-corrected chi connectivity index (χ4v) is 3.24. The average Bonchev–Trinajstić information content (AvgIpc) is 2.54. The van der Waals surface area contributed by atoms with Crippen LogP contribution in [0, 0.1) is 0 Å². The molecule has 2 N–H and O–H groups in total. The van der Waals surface area contributed by atoms with Gasteiger partial charge in [-0.05, 0) is 29.9 Å². The fraction of sp³-hybridized carbons (Fsp3) is 0.556. The van der Waals surface area contributed by atoms with Crippen molar-refractivity contribution in [1.82, 2.24) is 9.55 Å². The van der Waals surface area contributed by atoms with E-state index >= 15 is 0 Å². The van der Waals surface area contributed by atoms with E-state index in [0.717, 1.165) is 23.0 Å². The largest absolute Gasteiger partial charge is 0.474 e. The van der Waals surface area contributed by atoms with Crippen LogP contribution in [0.1, 0.15) is 38.7 Å². The number of aromatic nitrogens is 2. The van der Waals surface area contributed by atoms with Crippen molar-refractivity contribution < 1.29 is 14.9 Å². The van der Waals surface area contributed by atoms with E-state index in [-0.39, 0.29) is 30.1 Å². The molecule has 6 nitrogen and oxygen atoms in total. The van der Waals surface area contributed by atoms with Crippen LogP contribution in [0.4, 0.5) is 0 Å². The number of hydrogen-bond donors (Lipinski definition) is 2. The number of nitrogens with zero attached hydrogens (tertiary/aromatic N) is 2. The van der Waals surface area contributed by atoms with E-state index in [9.17, 15) is 9.90 Å². The molecule has 0 saturated heterocycles. The van der Waals surface area contributed by atoms with Gasteiger partial charge in [0.2, 0.25) is 0 Å². The smallest absolute Gasteiger partial charge is 0.313 e. The summed E-state index contributed by atoms with van der Waals surface area (Å²) in [5.74, 6) is 0.0792. The van der Waals surface area contributed by atoms with E-state index in [4.69, 9.17) is 9.84 Å². The molecule has 0 unspecified atom stereocenters. The highest BCUT2D eigenvalue weighted by molar-refractivity contribution is 5.80. The van der Waals surface area contributed by atoms with Crippen LogP contribution in [0.15, 0.2) is 23.0 Å². The highest BCUT2D eigenvalue weighted by Crippen LogP contribution is 2.36. The van der Waals surface area contributed by atoms with Crippen LogP contribution in [0.2, 0.25) is 0 Å². The van der Waals surface area contributed by atoms with E-state index in [1.165, 1.54) is 0 Å². The van der Waals surface area contributed by atoms with Gasteiger partial charge >= 0.3 is 5.56 Å². The zero-order valence-corrected chi connectivity index (χ0v) is 14.2. The summed E-state index contributed by atoms with van der Waals surface area (Å²) < 4.78 is 7.29. The third-order valence-corrected chi connectivity index (χ3v) is 4.78. The lowest BCUT2D eigenvalue weighted by molar-refractivity contribution is 0.107. The van der Waals surface area contributed by atoms with Crippen LogP contribution < -0.4 is 10.3 Å². The third-order valence-electron chi connectivity index (χ3n) is 4.78. The third kappa shape index (κ3) is 3.03. The molecule has 2 aromatic rings. The molecular formula is C18H24N2O4. The van der Waals surface area contributed by atoms with Crippen molar-refractivity contribution >= 4 is 11.0 Å². The molecule has 0 saturated carbocycles. The SMILES string of the molecule is CC1(C)CCn2c(=O)c(OCC[C@H](O)CCO)nc3cccc1c32. The van der Waals surface area contributed by atoms with Gasteiger partial charge in [0, 0.05) is 19.6 Å². The standard InChI is InChI=1S/C18H24N2O4/c1-18(2)8-9-20-15-13(18)4-3-5-14(15)19-16(17(20)23)24-11-7-12(22)6-10-21/h3-5,12,21-22H,6-11H2,1-2H3/t12-/m1/s1. The summed E-state index contributed by atoms with van der Waals surface area (Å²) >= 11 is 0. The lowest BCUT2D eigenvalue weighted by Crippen LogP contribution is -2.33. The first-order valence-corrected chi connectivity index (χ1v) is 8.40. The average molecular weight is 332 g/mol. The Hall–Kier alpha value is -1.92. The first kappa shape index (κ1) is 16.9. The molecule has 24 heavy (non-hydrogen) atoms. The van der Waals surface area contributed by atoms with Crippen molar-refractivity contribution in [3.63, 3.8) is 0 Å². The summed E-state index contributed by atoms with van der Waals surface area (Å²) in [6, 6.07) is 5.91. The predicted octanol–water partition coefficient (Wildman–Crippen LogP) is 1.59. The number of hydrogen-bond acceptors (Lipinski definition) is 5. The molecule has 0 spiro atoms. The molecular weight excluding hydrogens is 308 g/mol. The molecule has 6 heteroatoms. The van der Waals surface area contributed by atoms with Crippen molar-refractivity contribution in [3.05, 3.63) is 34.1 Å². The zero-order chi connectivity index (χ0) is 17.3. The Morgan fingerprint density at radius 1 is 1.38 bits per heavy atom. The van der Waals surface area contributed by atoms with E-state index in [2.05, 4.69) is 24.9 Å². The monoisotopic (exact) mass is 332 g/mol. The number of aliphatic hydroxyl groups is 2. The van der Waals surface area contributed by atoms with Gasteiger partial charge in [-0.3, -0.25) is 4.79 Å². The number of aryl methyl sites for hydroxylation is 1. The van der Waals surface area contributed by atoms with Gasteiger partial charge in [0.1, 0.15) is 0 Å². The molecule has 0 amide bonds. The molecule has 1 atom stereocenters. The van der Waals surface area contributed by atoms with Crippen molar-refractivity contribution in [2.75, 3.05) is 13.2 Å². The van der Waals surface area contributed by atoms with Crippen LogP contribution in [0.3, 0.4) is 0 Å². The Morgan fingerprint density at radius 3 is 2.92 bits per heavy atom. The summed E-state index contributed by atoms with van der Waals surface area (Å²) in [6.45, 7) is 5.14. The second kappa shape index (κ2) is 6.53. The fourth-order valence-electron chi connectivity index (χ4n) is 3.24. The van der Waals surface area contributed by atoms with Gasteiger partial charge in [0.15, 0.2) is 0 Å². The molecule has 0 fully saturated rings. The normalized spacial score (nSPS) is 17.0. The van der Waals surface area contributed by atoms with Gasteiger partial charge in [-0.25, -0.2) is 4.98 Å². The van der Waals surface area contributed by atoms with Gasteiger partial charge in [-0.15, -0.1) is 0 Å². The number of benzene rings is 1. The molecule has 3 rings (SSSR count). The molecule has 0 aliphatic carbocycles. The van der Waals surface area contributed by atoms with Crippen molar-refractivity contribution in [2.45, 2.75) is 51.2 Å². The van der Waals surface area contributed by atoms with Crippen LogP contribution in [-0.4, -0.2) is 39.1 Å². The van der Waals surface area contributed by atoms with E-state index in [1.807, 2.05) is 12.1 Å². The van der Waals surface area contributed by atoms with Crippen LogP contribution in [-0.2, 0) is 12.0 Å². The van der Waals surface area contributed by atoms with Crippen molar-refractivity contribution in [3.8, 4) is 5.88 Å². The zero-order valence-electron chi connectivity index (χ0n) is 14.2. The number of aliphatic hydroxyl groups excluding tert-OH is 2. The minimum atomic E-state index is -0.635. The number of ether oxygens (including phenoxy) is 1. The quantitative estimate of drug-likeness (QED) is 0.839. The second-order valence-corrected chi connectivity index (χ2v) is 6.98. The van der Waals surface area contributed by atoms with E-state index in [0.29, 0.717) is 19.4 Å². The molecule has 1 aliphatic heterocycles. The highest BCUT2D eigenvalue weighted by atomic mass is 16.5. The Kier molecular flexibility index (Phi) is 4.60. The summed E-state index contributed by atoms with van der Waals surface area (Å²) in [4.78, 5) is 17.1. The summed E-state index contributed by atoms with van der Waals surface area (Å²) in [7, 11) is 0. The van der Waals surface area contributed by atoms with E-state index < -0.39 is 6.10 Å². The van der Waals surface area contributed by atoms with Gasteiger partial charge < -0.3 is 19.5 Å². The molecule has 130 valence electrons. The number of rotatable bonds is 6. The van der Waals surface area contributed by atoms with Gasteiger partial charge in [0.25, 0.3) is 5.88 Å². The summed E-state index contributed by atoms with van der Waals surface area (Å²) in [5.41, 5.74) is 2.59. The first-order chi connectivity index (χ1) is 11.4. The Morgan fingerprint density at radius 2 is 2.17 bits per heavy atom. The van der Waals surface area contributed by atoms with Gasteiger partial charge in [0.05, 0.1) is 23.7 Å². The molecule has 1 aliphatic rings.